The summed E-state index contributed by atoms with van der Waals surface area (Å²) in [5.41, 5.74) is 1.30. The highest BCUT2D eigenvalue weighted by atomic mass is 35.5. The molecule has 1 aromatic heterocycles. The highest BCUT2D eigenvalue weighted by Gasteiger charge is 2.09. The molecule has 0 atom stereocenters. The van der Waals surface area contributed by atoms with Crippen LogP contribution in [0.1, 0.15) is 5.56 Å². The van der Waals surface area contributed by atoms with Crippen molar-refractivity contribution >= 4 is 23.4 Å². The van der Waals surface area contributed by atoms with Crippen LogP contribution >= 0.6 is 23.4 Å². The van der Waals surface area contributed by atoms with E-state index in [0.717, 1.165) is 5.56 Å². The van der Waals surface area contributed by atoms with Crippen LogP contribution < -0.4 is 5.56 Å². The molecule has 2 aromatic carbocycles. The van der Waals surface area contributed by atoms with Gasteiger partial charge in [0.25, 0.3) is 5.56 Å². The number of thioether (sulfide) groups is 1. The number of halogens is 2. The number of aromatic nitrogens is 2. The standard InChI is InChI=1S/C17H12ClFN2OS/c18-15-4-2-1-3-12(15)11-23-16-17(22)21(10-9-20-16)14-7-5-13(19)6-8-14/h1-10H,11H2. The van der Waals surface area contributed by atoms with Gasteiger partial charge >= 0.3 is 0 Å². The van der Waals surface area contributed by atoms with Gasteiger partial charge in [-0.3, -0.25) is 9.36 Å². The van der Waals surface area contributed by atoms with E-state index in [4.69, 9.17) is 11.6 Å². The van der Waals surface area contributed by atoms with Crippen LogP contribution in [-0.4, -0.2) is 9.55 Å². The second-order valence-electron chi connectivity index (χ2n) is 4.76. The van der Waals surface area contributed by atoms with Gasteiger partial charge in [-0.2, -0.15) is 0 Å². The summed E-state index contributed by atoms with van der Waals surface area (Å²) in [6.07, 6.45) is 3.12. The first-order valence-corrected chi connectivity index (χ1v) is 8.21. The summed E-state index contributed by atoms with van der Waals surface area (Å²) in [5.74, 6) is 0.208. The number of rotatable bonds is 4. The van der Waals surface area contributed by atoms with Crippen molar-refractivity contribution in [2.75, 3.05) is 0 Å². The van der Waals surface area contributed by atoms with Crippen molar-refractivity contribution in [3.8, 4) is 5.69 Å². The molecule has 0 unspecified atom stereocenters. The molecular formula is C17H12ClFN2OS. The van der Waals surface area contributed by atoms with Crippen LogP contribution in [-0.2, 0) is 5.75 Å². The van der Waals surface area contributed by atoms with E-state index in [1.165, 1.54) is 28.5 Å². The van der Waals surface area contributed by atoms with E-state index in [2.05, 4.69) is 4.98 Å². The molecule has 0 saturated heterocycles. The van der Waals surface area contributed by atoms with Crippen molar-refractivity contribution in [1.82, 2.24) is 9.55 Å². The first kappa shape index (κ1) is 15.8. The lowest BCUT2D eigenvalue weighted by Crippen LogP contribution is -2.20. The SMILES string of the molecule is O=c1c(SCc2ccccc2Cl)nccn1-c1ccc(F)cc1. The van der Waals surface area contributed by atoms with Crippen LogP contribution in [0.5, 0.6) is 0 Å². The van der Waals surface area contributed by atoms with E-state index in [9.17, 15) is 9.18 Å². The molecule has 0 amide bonds. The molecule has 23 heavy (non-hydrogen) atoms. The smallest absolute Gasteiger partial charge is 0.280 e. The molecule has 0 radical (unpaired) electrons. The molecule has 0 aliphatic carbocycles. The molecule has 0 aliphatic heterocycles. The highest BCUT2D eigenvalue weighted by Crippen LogP contribution is 2.23. The Hall–Kier alpha value is -2.11. The van der Waals surface area contributed by atoms with Crippen molar-refractivity contribution in [2.24, 2.45) is 0 Å². The fraction of sp³-hybridized carbons (Fsp3) is 0.0588. The number of benzene rings is 2. The monoisotopic (exact) mass is 346 g/mol. The fourth-order valence-corrected chi connectivity index (χ4v) is 3.24. The zero-order valence-corrected chi connectivity index (χ0v) is 13.5. The van der Waals surface area contributed by atoms with Crippen LogP contribution in [0.25, 0.3) is 5.69 Å². The molecule has 3 rings (SSSR count). The van der Waals surface area contributed by atoms with Crippen LogP contribution in [0.3, 0.4) is 0 Å². The van der Waals surface area contributed by atoms with Crippen molar-refractivity contribution in [1.29, 1.82) is 0 Å². The number of hydrogen-bond donors (Lipinski definition) is 0. The quantitative estimate of drug-likeness (QED) is 0.660. The minimum atomic E-state index is -0.343. The molecule has 6 heteroatoms. The van der Waals surface area contributed by atoms with Crippen molar-refractivity contribution in [3.63, 3.8) is 0 Å². The number of nitrogens with zero attached hydrogens (tertiary/aromatic N) is 2. The Balaban J connectivity index is 1.87. The first-order chi connectivity index (χ1) is 11.1. The van der Waals surface area contributed by atoms with Crippen molar-refractivity contribution in [3.05, 3.63) is 87.7 Å². The van der Waals surface area contributed by atoms with Crippen LogP contribution in [0.4, 0.5) is 4.39 Å². The summed E-state index contributed by atoms with van der Waals surface area (Å²) in [5, 5.41) is 1.03. The summed E-state index contributed by atoms with van der Waals surface area (Å²) >= 11 is 7.44. The second-order valence-corrected chi connectivity index (χ2v) is 6.14. The maximum atomic E-state index is 13.0. The minimum Gasteiger partial charge on any atom is -0.280 e. The van der Waals surface area contributed by atoms with Gasteiger partial charge in [0.05, 0.1) is 0 Å². The van der Waals surface area contributed by atoms with Gasteiger partial charge in [0, 0.05) is 28.9 Å². The highest BCUT2D eigenvalue weighted by molar-refractivity contribution is 7.98. The van der Waals surface area contributed by atoms with Crippen LogP contribution in [0.15, 0.2) is 70.7 Å². The van der Waals surface area contributed by atoms with E-state index in [1.54, 1.807) is 24.5 Å². The second kappa shape index (κ2) is 6.98. The maximum Gasteiger partial charge on any atom is 0.287 e. The van der Waals surface area contributed by atoms with Gasteiger partial charge in [0.1, 0.15) is 5.82 Å². The summed E-state index contributed by atoms with van der Waals surface area (Å²) < 4.78 is 14.5. The predicted molar refractivity (Wildman–Crippen MR) is 90.8 cm³/mol. The molecule has 1 heterocycles. The Morgan fingerprint density at radius 1 is 1.13 bits per heavy atom. The summed E-state index contributed by atoms with van der Waals surface area (Å²) in [7, 11) is 0. The largest absolute Gasteiger partial charge is 0.287 e. The van der Waals surface area contributed by atoms with Crippen LogP contribution in [0, 0.1) is 5.82 Å². The molecule has 3 aromatic rings. The Kier molecular flexibility index (Phi) is 4.79. The normalized spacial score (nSPS) is 10.7. The predicted octanol–water partition coefficient (Wildman–Crippen LogP) is 4.32. The topological polar surface area (TPSA) is 34.9 Å². The molecular weight excluding hydrogens is 335 g/mol. The van der Waals surface area contributed by atoms with E-state index < -0.39 is 0 Å². The lowest BCUT2D eigenvalue weighted by molar-refractivity contribution is 0.627. The summed E-state index contributed by atoms with van der Waals surface area (Å²) in [4.78, 5) is 16.7. The van der Waals surface area contributed by atoms with Gasteiger partial charge in [-0.15, -0.1) is 0 Å². The summed E-state index contributed by atoms with van der Waals surface area (Å²) in [6, 6.07) is 13.2. The molecule has 0 saturated carbocycles. The van der Waals surface area contributed by atoms with Crippen molar-refractivity contribution in [2.45, 2.75) is 10.8 Å². The zero-order valence-electron chi connectivity index (χ0n) is 11.9. The molecule has 116 valence electrons. The molecule has 0 N–H and O–H groups in total. The third-order valence-electron chi connectivity index (χ3n) is 3.24. The summed E-state index contributed by atoms with van der Waals surface area (Å²) in [6.45, 7) is 0. The Bertz CT molecular complexity index is 880. The van der Waals surface area contributed by atoms with E-state index >= 15 is 0 Å². The lowest BCUT2D eigenvalue weighted by Gasteiger charge is -2.08. The first-order valence-electron chi connectivity index (χ1n) is 6.85. The molecule has 3 nitrogen and oxygen atoms in total. The van der Waals surface area contributed by atoms with Crippen LogP contribution in [0.2, 0.25) is 5.02 Å². The average Bonchev–Trinajstić information content (AvgIpc) is 2.56. The zero-order chi connectivity index (χ0) is 16.2. The Morgan fingerprint density at radius 2 is 1.87 bits per heavy atom. The Labute approximate surface area is 141 Å². The fourth-order valence-electron chi connectivity index (χ4n) is 2.06. The van der Waals surface area contributed by atoms with E-state index in [-0.39, 0.29) is 11.4 Å². The van der Waals surface area contributed by atoms with Gasteiger partial charge < -0.3 is 0 Å². The van der Waals surface area contributed by atoms with Gasteiger partial charge in [0.15, 0.2) is 5.03 Å². The van der Waals surface area contributed by atoms with Gasteiger partial charge in [-0.05, 0) is 35.9 Å². The van der Waals surface area contributed by atoms with E-state index in [0.29, 0.717) is 21.5 Å². The molecule has 0 aliphatic rings. The van der Waals surface area contributed by atoms with E-state index in [1.807, 2.05) is 24.3 Å². The molecule has 0 fully saturated rings. The van der Waals surface area contributed by atoms with Gasteiger partial charge in [-0.25, -0.2) is 9.37 Å². The molecule has 0 bridgehead atoms. The van der Waals surface area contributed by atoms with Crippen molar-refractivity contribution < 1.29 is 4.39 Å². The minimum absolute atomic E-state index is 0.240. The Morgan fingerprint density at radius 3 is 2.61 bits per heavy atom. The lowest BCUT2D eigenvalue weighted by atomic mass is 10.2. The molecule has 0 spiro atoms. The van der Waals surface area contributed by atoms with Gasteiger partial charge in [-0.1, -0.05) is 41.6 Å². The number of hydrogen-bond acceptors (Lipinski definition) is 3. The maximum absolute atomic E-state index is 13.0. The third kappa shape index (κ3) is 3.63. The van der Waals surface area contributed by atoms with Gasteiger partial charge in [0.2, 0.25) is 0 Å². The average molecular weight is 347 g/mol. The third-order valence-corrected chi connectivity index (χ3v) is 4.61.